The van der Waals surface area contributed by atoms with E-state index in [9.17, 15) is 14.4 Å². The Bertz CT molecular complexity index is 1340. The topological polar surface area (TPSA) is 93.1 Å². The maximum atomic E-state index is 12.9. The number of carboxylic acids is 1. The minimum atomic E-state index is -0.990. The summed E-state index contributed by atoms with van der Waals surface area (Å²) < 4.78 is 12.2. The number of carbonyl (C=O) groups is 3. The van der Waals surface area contributed by atoms with Gasteiger partial charge < -0.3 is 14.6 Å². The zero-order valence-electron chi connectivity index (χ0n) is 18.2. The maximum Gasteiger partial charge on any atom is 0.335 e. The number of amides is 2. The summed E-state index contributed by atoms with van der Waals surface area (Å²) in [5, 5.41) is 9.15. The van der Waals surface area contributed by atoms with Crippen molar-refractivity contribution in [3.63, 3.8) is 0 Å². The van der Waals surface area contributed by atoms with Gasteiger partial charge in [0, 0.05) is 5.02 Å². The van der Waals surface area contributed by atoms with E-state index in [4.69, 9.17) is 26.2 Å². The molecule has 4 rings (SSSR count). The van der Waals surface area contributed by atoms with Crippen LogP contribution in [0.25, 0.3) is 6.08 Å². The van der Waals surface area contributed by atoms with Crippen LogP contribution in [-0.2, 0) is 11.4 Å². The molecule has 0 bridgehead atoms. The first-order valence-electron chi connectivity index (χ1n) is 10.1. The molecular formula is C25H17ClINO6S. The first-order chi connectivity index (χ1) is 16.8. The molecule has 10 heteroatoms. The summed E-state index contributed by atoms with van der Waals surface area (Å²) in [6.45, 7) is 0.214. The lowest BCUT2D eigenvalue weighted by Gasteiger charge is -2.14. The number of thioether (sulfide) groups is 1. The van der Waals surface area contributed by atoms with Gasteiger partial charge in [0.15, 0.2) is 11.5 Å². The highest BCUT2D eigenvalue weighted by atomic mass is 127. The average molecular weight is 622 g/mol. The third kappa shape index (κ3) is 5.63. The Morgan fingerprint density at radius 2 is 1.80 bits per heavy atom. The largest absolute Gasteiger partial charge is 0.493 e. The Hall–Kier alpha value is -3.02. The molecule has 3 aromatic carbocycles. The lowest BCUT2D eigenvalue weighted by Crippen LogP contribution is -2.27. The molecule has 1 fully saturated rings. The molecule has 3 aromatic rings. The predicted octanol–water partition coefficient (Wildman–Crippen LogP) is 6.47. The molecule has 0 aromatic heterocycles. The van der Waals surface area contributed by atoms with Crippen LogP contribution in [0.15, 0.2) is 65.6 Å². The zero-order valence-corrected chi connectivity index (χ0v) is 21.9. The normalized spacial score (nSPS) is 14.5. The van der Waals surface area contributed by atoms with Gasteiger partial charge in [0.1, 0.15) is 6.61 Å². The van der Waals surface area contributed by atoms with Gasteiger partial charge in [0.25, 0.3) is 11.1 Å². The fourth-order valence-electron chi connectivity index (χ4n) is 3.29. The SMILES string of the molecule is COc1cc(/C=C2/SC(=O)N(c3ccc(Cl)cc3)C2=O)cc(I)c1OCc1ccc(C(=O)O)cc1. The number of anilines is 1. The number of carbonyl (C=O) groups excluding carboxylic acids is 2. The molecule has 0 radical (unpaired) electrons. The molecule has 1 saturated heterocycles. The van der Waals surface area contributed by atoms with Crippen LogP contribution >= 0.6 is 46.0 Å². The number of methoxy groups -OCH3 is 1. The van der Waals surface area contributed by atoms with Crippen LogP contribution in [-0.4, -0.2) is 29.3 Å². The van der Waals surface area contributed by atoms with Gasteiger partial charge in [-0.3, -0.25) is 9.59 Å². The van der Waals surface area contributed by atoms with Crippen molar-refractivity contribution < 1.29 is 29.0 Å². The summed E-state index contributed by atoms with van der Waals surface area (Å²) in [5.74, 6) is -0.430. The number of rotatable bonds is 7. The fourth-order valence-corrected chi connectivity index (χ4v) is 5.04. The zero-order chi connectivity index (χ0) is 25.1. The summed E-state index contributed by atoms with van der Waals surface area (Å²) >= 11 is 8.88. The molecular weight excluding hydrogens is 605 g/mol. The van der Waals surface area contributed by atoms with Crippen LogP contribution in [0.2, 0.25) is 5.02 Å². The predicted molar refractivity (Wildman–Crippen MR) is 143 cm³/mol. The number of hydrogen-bond acceptors (Lipinski definition) is 6. The van der Waals surface area contributed by atoms with Gasteiger partial charge in [-0.25, -0.2) is 9.69 Å². The third-order valence-electron chi connectivity index (χ3n) is 5.01. The summed E-state index contributed by atoms with van der Waals surface area (Å²) in [7, 11) is 1.51. The van der Waals surface area contributed by atoms with Gasteiger partial charge >= 0.3 is 5.97 Å². The summed E-state index contributed by atoms with van der Waals surface area (Å²) in [5.41, 5.74) is 2.12. The Morgan fingerprint density at radius 1 is 1.11 bits per heavy atom. The van der Waals surface area contributed by atoms with Crippen molar-refractivity contribution in [1.29, 1.82) is 0 Å². The van der Waals surface area contributed by atoms with Crippen LogP contribution in [0.3, 0.4) is 0 Å². The number of carboxylic acid groups (broad SMARTS) is 1. The van der Waals surface area contributed by atoms with Crippen LogP contribution in [0.4, 0.5) is 10.5 Å². The smallest absolute Gasteiger partial charge is 0.335 e. The number of aromatic carboxylic acids is 1. The van der Waals surface area contributed by atoms with Crippen molar-refractivity contribution in [2.75, 3.05) is 12.0 Å². The fraction of sp³-hybridized carbons (Fsp3) is 0.0800. The quantitative estimate of drug-likeness (QED) is 0.239. The molecule has 7 nitrogen and oxygen atoms in total. The number of imide groups is 1. The van der Waals surface area contributed by atoms with E-state index >= 15 is 0 Å². The molecule has 1 aliphatic heterocycles. The Morgan fingerprint density at radius 3 is 2.43 bits per heavy atom. The van der Waals surface area contributed by atoms with E-state index in [0.29, 0.717) is 27.8 Å². The summed E-state index contributed by atoms with van der Waals surface area (Å²) in [6, 6.07) is 16.4. The Balaban J connectivity index is 1.54. The molecule has 1 aliphatic rings. The second kappa shape index (κ2) is 10.7. The van der Waals surface area contributed by atoms with Crippen molar-refractivity contribution in [2.24, 2.45) is 0 Å². The van der Waals surface area contributed by atoms with Gasteiger partial charge in [0.2, 0.25) is 0 Å². The number of benzene rings is 3. The summed E-state index contributed by atoms with van der Waals surface area (Å²) in [4.78, 5) is 37.8. The van der Waals surface area contributed by atoms with Crippen LogP contribution in [0, 0.1) is 3.57 Å². The third-order valence-corrected chi connectivity index (χ3v) is 6.93. The van der Waals surface area contributed by atoms with Crippen molar-refractivity contribution >= 4 is 74.8 Å². The second-order valence-corrected chi connectivity index (χ2v) is 9.91. The molecule has 0 aliphatic carbocycles. The van der Waals surface area contributed by atoms with E-state index in [1.54, 1.807) is 48.5 Å². The van der Waals surface area contributed by atoms with E-state index in [0.717, 1.165) is 25.8 Å². The maximum absolute atomic E-state index is 12.9. The molecule has 0 spiro atoms. The number of halogens is 2. The molecule has 2 amide bonds. The van der Waals surface area contributed by atoms with E-state index in [1.807, 2.05) is 6.07 Å². The highest BCUT2D eigenvalue weighted by molar-refractivity contribution is 14.1. The minimum absolute atomic E-state index is 0.200. The monoisotopic (exact) mass is 621 g/mol. The lowest BCUT2D eigenvalue weighted by atomic mass is 10.1. The highest BCUT2D eigenvalue weighted by Crippen LogP contribution is 2.39. The first kappa shape index (κ1) is 25.1. The van der Waals surface area contributed by atoms with Gasteiger partial charge in [-0.2, -0.15) is 0 Å². The van der Waals surface area contributed by atoms with E-state index in [1.165, 1.54) is 19.2 Å². The van der Waals surface area contributed by atoms with Gasteiger partial charge in [-0.05, 0) is 100 Å². The summed E-state index contributed by atoms with van der Waals surface area (Å²) in [6.07, 6.45) is 1.64. The minimum Gasteiger partial charge on any atom is -0.493 e. The molecule has 178 valence electrons. The average Bonchev–Trinajstić information content (AvgIpc) is 3.11. The second-order valence-electron chi connectivity index (χ2n) is 7.32. The molecule has 1 heterocycles. The van der Waals surface area contributed by atoms with Gasteiger partial charge in [-0.15, -0.1) is 0 Å². The molecule has 0 saturated carbocycles. The highest BCUT2D eigenvalue weighted by Gasteiger charge is 2.36. The number of ether oxygens (including phenoxy) is 2. The number of nitrogens with zero attached hydrogens (tertiary/aromatic N) is 1. The molecule has 1 N–H and O–H groups in total. The van der Waals surface area contributed by atoms with Crippen molar-refractivity contribution in [1.82, 2.24) is 0 Å². The van der Waals surface area contributed by atoms with E-state index < -0.39 is 11.9 Å². The van der Waals surface area contributed by atoms with Crippen molar-refractivity contribution in [3.8, 4) is 11.5 Å². The van der Waals surface area contributed by atoms with Crippen LogP contribution < -0.4 is 14.4 Å². The molecule has 0 unspecified atom stereocenters. The van der Waals surface area contributed by atoms with Gasteiger partial charge in [0.05, 0.1) is 26.8 Å². The van der Waals surface area contributed by atoms with Gasteiger partial charge in [-0.1, -0.05) is 23.7 Å². The number of hydrogen-bond donors (Lipinski definition) is 1. The van der Waals surface area contributed by atoms with Crippen LogP contribution in [0.5, 0.6) is 11.5 Å². The van der Waals surface area contributed by atoms with E-state index in [-0.39, 0.29) is 22.3 Å². The first-order valence-corrected chi connectivity index (χ1v) is 12.4. The molecule has 0 atom stereocenters. The van der Waals surface area contributed by atoms with Crippen molar-refractivity contribution in [2.45, 2.75) is 6.61 Å². The standard InChI is InChI=1S/C25H17ClINO6S/c1-33-20-11-15(10-19(27)22(20)34-13-14-2-4-16(5-3-14)24(30)31)12-21-23(29)28(25(32)35-21)18-8-6-17(26)7-9-18/h2-12H,13H2,1H3,(H,30,31)/b21-12+. The van der Waals surface area contributed by atoms with Crippen LogP contribution in [0.1, 0.15) is 21.5 Å². The molecule has 35 heavy (non-hydrogen) atoms. The Labute approximate surface area is 223 Å². The van der Waals surface area contributed by atoms with E-state index in [2.05, 4.69) is 22.6 Å². The van der Waals surface area contributed by atoms with Crippen molar-refractivity contribution in [3.05, 3.63) is 90.9 Å². The lowest BCUT2D eigenvalue weighted by molar-refractivity contribution is -0.113. The Kier molecular flexibility index (Phi) is 7.68.